The van der Waals surface area contributed by atoms with Crippen LogP contribution in [0.5, 0.6) is 0 Å². The zero-order chi connectivity index (χ0) is 17.9. The molecule has 2 heteroatoms. The number of piperidine rings is 1. The maximum atomic E-state index is 6.89. The number of benzene rings is 1. The lowest BCUT2D eigenvalue weighted by molar-refractivity contribution is -0.0833. The fourth-order valence-corrected chi connectivity index (χ4v) is 5.68. The van der Waals surface area contributed by atoms with Crippen LogP contribution >= 0.6 is 0 Å². The number of nitrogens with zero attached hydrogens (tertiary/aromatic N) is 1. The molecule has 0 aromatic heterocycles. The van der Waals surface area contributed by atoms with E-state index in [2.05, 4.69) is 49.1 Å². The number of fused-ring (bicyclic) bond motifs is 2. The predicted octanol–water partition coefficient (Wildman–Crippen LogP) is 5.98. The van der Waals surface area contributed by atoms with Crippen molar-refractivity contribution in [3.05, 3.63) is 35.9 Å². The van der Waals surface area contributed by atoms with E-state index in [1.165, 1.54) is 69.9 Å². The molecule has 0 amide bonds. The predicted molar refractivity (Wildman–Crippen MR) is 108 cm³/mol. The van der Waals surface area contributed by atoms with E-state index in [1.807, 2.05) is 0 Å². The normalized spacial score (nSPS) is 31.0. The zero-order valence-electron chi connectivity index (χ0n) is 16.8. The smallest absolute Gasteiger partial charge is 0.0856 e. The van der Waals surface area contributed by atoms with Gasteiger partial charge in [0.15, 0.2) is 0 Å². The molecule has 4 atom stereocenters. The van der Waals surface area contributed by atoms with Gasteiger partial charge in [-0.2, -0.15) is 0 Å². The van der Waals surface area contributed by atoms with E-state index >= 15 is 0 Å². The second-order valence-corrected chi connectivity index (χ2v) is 9.41. The second-order valence-electron chi connectivity index (χ2n) is 9.41. The molecule has 1 aliphatic carbocycles. The van der Waals surface area contributed by atoms with Gasteiger partial charge >= 0.3 is 0 Å². The van der Waals surface area contributed by atoms with Crippen molar-refractivity contribution in [1.29, 1.82) is 0 Å². The molecule has 0 spiro atoms. The fraction of sp³-hybridized carbons (Fsp3) is 0.750. The zero-order valence-corrected chi connectivity index (χ0v) is 16.8. The molecular formula is C24H37NO. The van der Waals surface area contributed by atoms with Crippen LogP contribution in [0.15, 0.2) is 30.3 Å². The molecule has 2 nitrogen and oxygen atoms in total. The highest BCUT2D eigenvalue weighted by Gasteiger charge is 2.42. The van der Waals surface area contributed by atoms with Crippen molar-refractivity contribution in [1.82, 2.24) is 4.90 Å². The first-order valence-corrected chi connectivity index (χ1v) is 11.2. The highest BCUT2D eigenvalue weighted by atomic mass is 16.5. The number of rotatable bonds is 7. The second kappa shape index (κ2) is 8.44. The molecule has 3 aliphatic rings. The van der Waals surface area contributed by atoms with E-state index in [0.717, 1.165) is 23.9 Å². The summed E-state index contributed by atoms with van der Waals surface area (Å²) in [5, 5.41) is 0. The molecule has 4 rings (SSSR count). The Morgan fingerprint density at radius 3 is 2.23 bits per heavy atom. The summed E-state index contributed by atoms with van der Waals surface area (Å²) in [6, 6.07) is 12.6. The quantitative estimate of drug-likeness (QED) is 0.597. The van der Waals surface area contributed by atoms with Gasteiger partial charge in [0.25, 0.3) is 0 Å². The standard InChI is InChI=1S/C24H37NO/c1-18(2)14-15-25-21-12-13-22(25)17-23(16-21)26-24(20-10-6-7-11-20)19-8-4-3-5-9-19/h3-5,8-9,18,20-24H,6-7,10-17H2,1-2H3/t21-,22+,23?,24?. The van der Waals surface area contributed by atoms with Crippen LogP contribution in [0.25, 0.3) is 0 Å². The van der Waals surface area contributed by atoms with Gasteiger partial charge in [-0.3, -0.25) is 4.90 Å². The number of hydrogen-bond donors (Lipinski definition) is 0. The molecule has 144 valence electrons. The monoisotopic (exact) mass is 355 g/mol. The number of ether oxygens (including phenoxy) is 1. The summed E-state index contributed by atoms with van der Waals surface area (Å²) in [6.07, 6.45) is 12.9. The van der Waals surface area contributed by atoms with Crippen LogP contribution in [0, 0.1) is 11.8 Å². The molecule has 2 aliphatic heterocycles. The lowest BCUT2D eigenvalue weighted by atomic mass is 9.92. The fourth-order valence-electron chi connectivity index (χ4n) is 5.68. The van der Waals surface area contributed by atoms with Crippen LogP contribution in [0.1, 0.15) is 83.3 Å². The van der Waals surface area contributed by atoms with Crippen LogP contribution in [0.3, 0.4) is 0 Å². The van der Waals surface area contributed by atoms with E-state index < -0.39 is 0 Å². The van der Waals surface area contributed by atoms with Crippen LogP contribution in [0.2, 0.25) is 0 Å². The van der Waals surface area contributed by atoms with Crippen LogP contribution in [-0.4, -0.2) is 29.6 Å². The van der Waals surface area contributed by atoms with Gasteiger partial charge in [0.2, 0.25) is 0 Å². The lowest BCUT2D eigenvalue weighted by Gasteiger charge is -2.41. The molecular weight excluding hydrogens is 318 g/mol. The first kappa shape index (κ1) is 18.5. The van der Waals surface area contributed by atoms with Crippen molar-refractivity contribution < 1.29 is 4.74 Å². The van der Waals surface area contributed by atoms with Crippen molar-refractivity contribution in [3.63, 3.8) is 0 Å². The minimum atomic E-state index is 0.324. The maximum Gasteiger partial charge on any atom is 0.0856 e. The first-order chi connectivity index (χ1) is 12.7. The van der Waals surface area contributed by atoms with Crippen LogP contribution < -0.4 is 0 Å². The Morgan fingerprint density at radius 2 is 1.62 bits per heavy atom. The van der Waals surface area contributed by atoms with Gasteiger partial charge < -0.3 is 4.74 Å². The summed E-state index contributed by atoms with van der Waals surface area (Å²) in [5.41, 5.74) is 1.41. The minimum Gasteiger partial charge on any atom is -0.370 e. The van der Waals surface area contributed by atoms with Gasteiger partial charge in [-0.25, -0.2) is 0 Å². The van der Waals surface area contributed by atoms with E-state index in [0.29, 0.717) is 12.2 Å². The van der Waals surface area contributed by atoms with Gasteiger partial charge in [0, 0.05) is 12.1 Å². The summed E-state index contributed by atoms with van der Waals surface area (Å²) >= 11 is 0. The highest BCUT2D eigenvalue weighted by molar-refractivity contribution is 5.19. The van der Waals surface area contributed by atoms with E-state index in [-0.39, 0.29) is 0 Å². The molecule has 1 saturated carbocycles. The van der Waals surface area contributed by atoms with Crippen LogP contribution in [0.4, 0.5) is 0 Å². The van der Waals surface area contributed by atoms with Gasteiger partial charge in [-0.1, -0.05) is 57.0 Å². The van der Waals surface area contributed by atoms with E-state index in [4.69, 9.17) is 4.74 Å². The highest BCUT2D eigenvalue weighted by Crippen LogP contribution is 2.43. The van der Waals surface area contributed by atoms with Gasteiger partial charge in [0.1, 0.15) is 0 Å². The molecule has 1 aromatic rings. The Morgan fingerprint density at radius 1 is 0.962 bits per heavy atom. The lowest BCUT2D eigenvalue weighted by Crippen LogP contribution is -2.46. The minimum absolute atomic E-state index is 0.324. The van der Waals surface area contributed by atoms with E-state index in [1.54, 1.807) is 0 Å². The Hall–Kier alpha value is -0.860. The SMILES string of the molecule is CC(C)CCN1[C@@H]2CC[C@H]1CC(OC(c1ccccc1)C1CCCC1)C2. The molecule has 3 fully saturated rings. The van der Waals surface area contributed by atoms with Crippen molar-refractivity contribution in [3.8, 4) is 0 Å². The van der Waals surface area contributed by atoms with Crippen molar-refractivity contribution in [2.75, 3.05) is 6.54 Å². The molecule has 2 heterocycles. The topological polar surface area (TPSA) is 12.5 Å². The Labute approximate surface area is 160 Å². The average Bonchev–Trinajstić information content (AvgIpc) is 3.25. The summed E-state index contributed by atoms with van der Waals surface area (Å²) in [4.78, 5) is 2.83. The largest absolute Gasteiger partial charge is 0.370 e. The first-order valence-electron chi connectivity index (χ1n) is 11.2. The summed E-state index contributed by atoms with van der Waals surface area (Å²) in [6.45, 7) is 6.00. The third-order valence-corrected chi connectivity index (χ3v) is 7.10. The average molecular weight is 356 g/mol. The molecule has 2 bridgehead atoms. The third kappa shape index (κ3) is 4.17. The van der Waals surface area contributed by atoms with E-state index in [9.17, 15) is 0 Å². The molecule has 2 saturated heterocycles. The Kier molecular flexibility index (Phi) is 6.00. The van der Waals surface area contributed by atoms with Crippen molar-refractivity contribution in [2.45, 2.75) is 95.9 Å². The van der Waals surface area contributed by atoms with Crippen molar-refractivity contribution >= 4 is 0 Å². The van der Waals surface area contributed by atoms with Gasteiger partial charge in [-0.05, 0) is 68.9 Å². The Balaban J connectivity index is 1.41. The molecule has 1 aromatic carbocycles. The summed E-state index contributed by atoms with van der Waals surface area (Å²) in [7, 11) is 0. The Bertz CT molecular complexity index is 537. The molecule has 2 unspecified atom stereocenters. The number of hydrogen-bond acceptors (Lipinski definition) is 2. The summed E-state index contributed by atoms with van der Waals surface area (Å²) < 4.78 is 6.89. The maximum absolute atomic E-state index is 6.89. The van der Waals surface area contributed by atoms with Gasteiger partial charge in [0.05, 0.1) is 12.2 Å². The third-order valence-electron chi connectivity index (χ3n) is 7.10. The van der Waals surface area contributed by atoms with Crippen LogP contribution in [-0.2, 0) is 4.74 Å². The molecule has 0 N–H and O–H groups in total. The van der Waals surface area contributed by atoms with Crippen molar-refractivity contribution in [2.24, 2.45) is 11.8 Å². The molecule has 0 radical (unpaired) electrons. The summed E-state index contributed by atoms with van der Waals surface area (Å²) in [5.74, 6) is 1.54. The molecule has 26 heavy (non-hydrogen) atoms. The van der Waals surface area contributed by atoms with Gasteiger partial charge in [-0.15, -0.1) is 0 Å².